The van der Waals surface area contributed by atoms with Crippen LogP contribution in [0.2, 0.25) is 0 Å². The summed E-state index contributed by atoms with van der Waals surface area (Å²) in [6.45, 7) is 0. The molecule has 2 rings (SSSR count). The number of hydrogen-bond donors (Lipinski definition) is 0. The highest BCUT2D eigenvalue weighted by atomic mass is 127. The maximum atomic E-state index is 10.9. The Kier molecular flexibility index (Phi) is 3.09. The number of carbonyl (C=O) groups excluding carboxylic acids is 1. The lowest BCUT2D eigenvalue weighted by Crippen LogP contribution is -1.90. The zero-order valence-electron chi connectivity index (χ0n) is 7.09. The monoisotopic (exact) mass is 336 g/mol. The van der Waals surface area contributed by atoms with E-state index in [4.69, 9.17) is 11.6 Å². The summed E-state index contributed by atoms with van der Waals surface area (Å²) in [5, 5.41) is 3.01. The Balaban J connectivity index is 2.88. The van der Waals surface area contributed by atoms with Crippen LogP contribution in [0.4, 0.5) is 0 Å². The molecule has 0 radical (unpaired) electrons. The molecule has 1 aromatic heterocycles. The third-order valence-corrected chi connectivity index (χ3v) is 4.24. The van der Waals surface area contributed by atoms with Gasteiger partial charge in [0.05, 0.1) is 0 Å². The van der Waals surface area contributed by atoms with Crippen molar-refractivity contribution in [2.75, 3.05) is 0 Å². The van der Waals surface area contributed by atoms with E-state index < -0.39 is 0 Å². The number of hydrogen-bond acceptors (Lipinski definition) is 2. The van der Waals surface area contributed by atoms with Gasteiger partial charge in [0, 0.05) is 25.1 Å². The number of rotatable bonds is 2. The van der Waals surface area contributed by atoms with E-state index in [9.17, 15) is 4.79 Å². The summed E-state index contributed by atoms with van der Waals surface area (Å²) in [7, 11) is 0. The van der Waals surface area contributed by atoms with E-state index >= 15 is 0 Å². The van der Waals surface area contributed by atoms with Gasteiger partial charge in [-0.15, -0.1) is 22.9 Å². The van der Waals surface area contributed by atoms with Crippen molar-refractivity contribution < 1.29 is 4.79 Å². The smallest absolute Gasteiger partial charge is 0.151 e. The minimum absolute atomic E-state index is 0.492. The van der Waals surface area contributed by atoms with Crippen LogP contribution in [0.1, 0.15) is 15.9 Å². The summed E-state index contributed by atoms with van der Waals surface area (Å²) in [4.78, 5) is 10.9. The molecule has 0 saturated heterocycles. The maximum absolute atomic E-state index is 10.9. The highest BCUT2D eigenvalue weighted by molar-refractivity contribution is 14.1. The normalized spacial score (nSPS) is 10.7. The fraction of sp³-hybridized carbons (Fsp3) is 0.100. The molecule has 0 unspecified atom stereocenters. The predicted molar refractivity (Wildman–Crippen MR) is 69.5 cm³/mol. The first-order valence-corrected chi connectivity index (χ1v) is 6.47. The number of thiophene rings is 1. The first-order valence-electron chi connectivity index (χ1n) is 3.97. The number of halogens is 2. The molecule has 4 heteroatoms. The molecule has 0 fully saturated rings. The van der Waals surface area contributed by atoms with Gasteiger partial charge in [-0.2, -0.15) is 0 Å². The number of fused-ring (bicyclic) bond motifs is 1. The minimum Gasteiger partial charge on any atom is -0.298 e. The van der Waals surface area contributed by atoms with Gasteiger partial charge in [0.15, 0.2) is 6.29 Å². The van der Waals surface area contributed by atoms with E-state index in [2.05, 4.69) is 22.6 Å². The Hall–Kier alpha value is -0.130. The third-order valence-electron chi connectivity index (χ3n) is 2.07. The highest BCUT2D eigenvalue weighted by Crippen LogP contribution is 2.31. The van der Waals surface area contributed by atoms with Gasteiger partial charge < -0.3 is 0 Å². The van der Waals surface area contributed by atoms with Gasteiger partial charge in [0.1, 0.15) is 0 Å². The lowest BCUT2D eigenvalue weighted by atomic mass is 10.1. The van der Waals surface area contributed by atoms with Crippen LogP contribution in [0.25, 0.3) is 10.1 Å². The first-order chi connectivity index (χ1) is 6.77. The Morgan fingerprint density at radius 3 is 3.00 bits per heavy atom. The van der Waals surface area contributed by atoms with Gasteiger partial charge in [-0.1, -0.05) is 0 Å². The van der Waals surface area contributed by atoms with Crippen molar-refractivity contribution >= 4 is 61.9 Å². The highest BCUT2D eigenvalue weighted by Gasteiger charge is 2.10. The molecule has 72 valence electrons. The summed E-state index contributed by atoms with van der Waals surface area (Å²) in [6.07, 6.45) is 0.912. The molecular weight excluding hydrogens is 331 g/mol. The second-order valence-electron chi connectivity index (χ2n) is 2.85. The molecule has 2 aromatic rings. The van der Waals surface area contributed by atoms with Crippen LogP contribution in [0.5, 0.6) is 0 Å². The zero-order chi connectivity index (χ0) is 10.1. The molecule has 14 heavy (non-hydrogen) atoms. The second kappa shape index (κ2) is 4.16. The number of benzene rings is 1. The average Bonchev–Trinajstić information content (AvgIpc) is 2.65. The molecule has 0 spiro atoms. The lowest BCUT2D eigenvalue weighted by molar-refractivity contribution is 0.112. The molecule has 1 aromatic carbocycles. The van der Waals surface area contributed by atoms with Crippen LogP contribution in [0.3, 0.4) is 0 Å². The Morgan fingerprint density at radius 2 is 2.36 bits per heavy atom. The molecule has 0 aliphatic heterocycles. The van der Waals surface area contributed by atoms with Crippen molar-refractivity contribution in [1.29, 1.82) is 0 Å². The Labute approximate surface area is 104 Å². The van der Waals surface area contributed by atoms with Crippen LogP contribution in [0, 0.1) is 3.57 Å². The average molecular weight is 337 g/mol. The molecule has 0 bridgehead atoms. The summed E-state index contributed by atoms with van der Waals surface area (Å²) in [6, 6.07) is 3.96. The summed E-state index contributed by atoms with van der Waals surface area (Å²) in [5.41, 5.74) is 1.88. The van der Waals surface area contributed by atoms with E-state index in [1.165, 1.54) is 0 Å². The fourth-order valence-electron chi connectivity index (χ4n) is 1.41. The van der Waals surface area contributed by atoms with Crippen LogP contribution < -0.4 is 0 Å². The zero-order valence-corrected chi connectivity index (χ0v) is 10.8. The van der Waals surface area contributed by atoms with Gasteiger partial charge in [-0.3, -0.25) is 4.79 Å². The van der Waals surface area contributed by atoms with Crippen LogP contribution >= 0.6 is 45.5 Å². The van der Waals surface area contributed by atoms with E-state index in [0.717, 1.165) is 31.1 Å². The van der Waals surface area contributed by atoms with Gasteiger partial charge >= 0.3 is 0 Å². The van der Waals surface area contributed by atoms with Crippen molar-refractivity contribution in [3.63, 3.8) is 0 Å². The second-order valence-corrected chi connectivity index (χ2v) is 5.19. The largest absolute Gasteiger partial charge is 0.298 e. The van der Waals surface area contributed by atoms with Crippen LogP contribution in [-0.4, -0.2) is 6.29 Å². The van der Waals surface area contributed by atoms with Gasteiger partial charge in [0.25, 0.3) is 0 Å². The first kappa shape index (κ1) is 10.4. The molecule has 0 aliphatic rings. The van der Waals surface area contributed by atoms with Crippen molar-refractivity contribution in [3.8, 4) is 0 Å². The molecule has 0 N–H and O–H groups in total. The number of aldehydes is 1. The SMILES string of the molecule is O=Cc1c(I)cc(CCl)c2sccc12. The summed E-state index contributed by atoms with van der Waals surface area (Å²) < 4.78 is 2.10. The predicted octanol–water partition coefficient (Wildman–Crippen LogP) is 4.06. The molecule has 0 atom stereocenters. The lowest BCUT2D eigenvalue weighted by Gasteiger charge is -2.03. The van der Waals surface area contributed by atoms with Crippen molar-refractivity contribution in [2.45, 2.75) is 5.88 Å². The Bertz CT molecular complexity index is 492. The standard InChI is InChI=1S/C10H6ClIOS/c11-4-6-3-9(12)8(5-13)7-1-2-14-10(6)7/h1-3,5H,4H2. The van der Waals surface area contributed by atoms with Crippen molar-refractivity contribution in [3.05, 3.63) is 32.2 Å². The van der Waals surface area contributed by atoms with Crippen LogP contribution in [0.15, 0.2) is 17.5 Å². The number of alkyl halides is 1. The van der Waals surface area contributed by atoms with E-state index in [0.29, 0.717) is 5.88 Å². The van der Waals surface area contributed by atoms with E-state index in [-0.39, 0.29) is 0 Å². The molecule has 0 amide bonds. The topological polar surface area (TPSA) is 17.1 Å². The quantitative estimate of drug-likeness (QED) is 0.459. The van der Waals surface area contributed by atoms with Crippen molar-refractivity contribution in [1.82, 2.24) is 0 Å². The van der Waals surface area contributed by atoms with Gasteiger partial charge in [0.2, 0.25) is 0 Å². The molecule has 0 aliphatic carbocycles. The third kappa shape index (κ3) is 1.57. The molecule has 1 heterocycles. The minimum atomic E-state index is 0.492. The Morgan fingerprint density at radius 1 is 1.57 bits per heavy atom. The van der Waals surface area contributed by atoms with Crippen molar-refractivity contribution in [2.24, 2.45) is 0 Å². The van der Waals surface area contributed by atoms with Gasteiger partial charge in [-0.05, 0) is 45.7 Å². The fourth-order valence-corrected chi connectivity index (χ4v) is 3.43. The summed E-state index contributed by atoms with van der Waals surface area (Å²) >= 11 is 9.65. The number of carbonyl (C=O) groups is 1. The molecular formula is C10H6ClIOS. The van der Waals surface area contributed by atoms with E-state index in [1.807, 2.05) is 17.5 Å². The van der Waals surface area contributed by atoms with Crippen LogP contribution in [-0.2, 0) is 5.88 Å². The molecule has 0 saturated carbocycles. The van der Waals surface area contributed by atoms with Gasteiger partial charge in [-0.25, -0.2) is 0 Å². The summed E-state index contributed by atoms with van der Waals surface area (Å²) in [5.74, 6) is 0.492. The maximum Gasteiger partial charge on any atom is 0.151 e. The van der Waals surface area contributed by atoms with E-state index in [1.54, 1.807) is 11.3 Å². The molecule has 1 nitrogen and oxygen atoms in total.